The second-order valence-corrected chi connectivity index (χ2v) is 14.0. The summed E-state index contributed by atoms with van der Waals surface area (Å²) in [5.41, 5.74) is 0.483. The number of benzene rings is 1. The molecule has 2 heterocycles. The molecule has 1 fully saturated rings. The van der Waals surface area contributed by atoms with Crippen molar-refractivity contribution < 1.29 is 62.4 Å². The van der Waals surface area contributed by atoms with Crippen LogP contribution in [0.1, 0.15) is 58.9 Å². The Morgan fingerprint density at radius 2 is 1.76 bits per heavy atom. The van der Waals surface area contributed by atoms with Gasteiger partial charge in [-0.1, -0.05) is 37.3 Å². The number of hydrogen-bond donors (Lipinski definition) is 2. The highest BCUT2D eigenvalue weighted by Gasteiger charge is 2.50. The van der Waals surface area contributed by atoms with Crippen molar-refractivity contribution in [3.63, 3.8) is 0 Å². The lowest BCUT2D eigenvalue weighted by Gasteiger charge is -2.47. The van der Waals surface area contributed by atoms with Gasteiger partial charge in [-0.05, 0) is 51.9 Å². The predicted molar refractivity (Wildman–Crippen MR) is 195 cm³/mol. The first kappa shape index (κ1) is 44.8. The van der Waals surface area contributed by atoms with Gasteiger partial charge in [0.1, 0.15) is 36.8 Å². The van der Waals surface area contributed by atoms with Gasteiger partial charge in [-0.25, -0.2) is 4.79 Å². The number of amides is 1. The highest BCUT2D eigenvalue weighted by molar-refractivity contribution is 5.91. The lowest BCUT2D eigenvalue weighted by atomic mass is 9.83. The number of alkyl carbamates (subject to hydrolysis) is 1. The van der Waals surface area contributed by atoms with E-state index in [1.165, 1.54) is 37.5 Å². The SMILES string of the molecule is COC1[C@@H](O[C@@H]2O[C@H](C)[C@@H](OC(=O)NCc3ccc([N+](=O)[O-])cc3)[C@H](N(C)C)[C@H]2O)[C@@H](CC=O)C[C@@H](C)C(=O)/C=C/C=C/C[C@@H](C)OC(=O)C[C@H]1OC(C)=O. The number of nitro groups is 1. The van der Waals surface area contributed by atoms with Crippen LogP contribution in [-0.4, -0.2) is 121 Å². The molecule has 0 spiro atoms. The van der Waals surface area contributed by atoms with Gasteiger partial charge in [0.2, 0.25) is 0 Å². The maximum absolute atomic E-state index is 13.2. The van der Waals surface area contributed by atoms with Crippen molar-refractivity contribution in [2.75, 3.05) is 21.2 Å². The van der Waals surface area contributed by atoms with Gasteiger partial charge in [0, 0.05) is 51.5 Å². The van der Waals surface area contributed by atoms with E-state index in [-0.39, 0.29) is 30.9 Å². The number of carbonyl (C=O) groups excluding carboxylic acids is 5. The molecule has 2 aliphatic rings. The van der Waals surface area contributed by atoms with E-state index in [0.29, 0.717) is 18.3 Å². The van der Waals surface area contributed by atoms with E-state index < -0.39 is 96.3 Å². The van der Waals surface area contributed by atoms with Crippen molar-refractivity contribution >= 4 is 35.8 Å². The smallest absolute Gasteiger partial charge is 0.407 e. The number of aldehydes is 1. The number of esters is 2. The number of rotatable bonds is 11. The van der Waals surface area contributed by atoms with Crippen LogP contribution in [0.3, 0.4) is 0 Å². The minimum atomic E-state index is -1.49. The average Bonchev–Trinajstić information content (AvgIpc) is 3.11. The number of ether oxygens (including phenoxy) is 6. The Morgan fingerprint density at radius 1 is 1.07 bits per heavy atom. The second-order valence-electron chi connectivity index (χ2n) is 14.0. The fourth-order valence-corrected chi connectivity index (χ4v) is 6.71. The Hall–Kier alpha value is -4.55. The molecule has 17 heteroatoms. The van der Waals surface area contributed by atoms with E-state index in [0.717, 1.165) is 6.92 Å². The normalized spacial score (nSPS) is 32.1. The Bertz CT molecular complexity index is 1530. The molecular weight excluding hydrogens is 722 g/mol. The van der Waals surface area contributed by atoms with Gasteiger partial charge >= 0.3 is 18.0 Å². The number of hydrogen-bond acceptors (Lipinski definition) is 15. The van der Waals surface area contributed by atoms with Crippen LogP contribution in [0.5, 0.6) is 0 Å². The van der Waals surface area contributed by atoms with Gasteiger partial charge in [0.05, 0.1) is 29.6 Å². The van der Waals surface area contributed by atoms with Crippen LogP contribution >= 0.6 is 0 Å². The molecule has 17 nitrogen and oxygen atoms in total. The number of non-ortho nitro benzene ring substituents is 1. The molecule has 2 aliphatic heterocycles. The van der Waals surface area contributed by atoms with Gasteiger partial charge in [-0.15, -0.1) is 0 Å². The van der Waals surface area contributed by atoms with Crippen molar-refractivity contribution in [1.82, 2.24) is 10.2 Å². The highest BCUT2D eigenvalue weighted by Crippen LogP contribution is 2.34. The molecule has 1 aromatic carbocycles. The lowest BCUT2D eigenvalue weighted by molar-refractivity contribution is -0.384. The van der Waals surface area contributed by atoms with E-state index >= 15 is 0 Å². The van der Waals surface area contributed by atoms with Gasteiger partial charge in [0.25, 0.3) is 5.69 Å². The first-order chi connectivity index (χ1) is 26.1. The van der Waals surface area contributed by atoms with Crippen LogP contribution in [0.15, 0.2) is 48.6 Å². The number of aliphatic hydroxyl groups is 1. The van der Waals surface area contributed by atoms with Crippen molar-refractivity contribution in [1.29, 1.82) is 0 Å². The maximum atomic E-state index is 13.2. The standard InChI is InChI=1S/C38H53N3O14/c1-22-19-27(17-18-42)35(36(50-7)30(53-25(4)43)20-31(45)51-23(2)11-9-8-10-12-29(22)44)54-37-33(46)32(40(5)6)34(24(3)52-37)55-38(47)39-21-26-13-15-28(16-14-26)41(48)49/h8-10,12-16,18,22-24,27,30,32-37,46H,11,17,19-21H2,1-7H3,(H,39,47)/b9-8+,12-10+/t22-,23-,24-,27+,30-,32-,33-,34-,35+,36?,37+/m1/s1. The number of aliphatic hydroxyl groups excluding tert-OH is 1. The Balaban J connectivity index is 1.95. The van der Waals surface area contributed by atoms with E-state index in [1.54, 1.807) is 58.0 Å². The molecule has 1 amide bonds. The second kappa shape index (κ2) is 21.5. The van der Waals surface area contributed by atoms with Gasteiger partial charge < -0.3 is 48.5 Å². The largest absolute Gasteiger partial charge is 0.462 e. The van der Waals surface area contributed by atoms with Crippen molar-refractivity contribution in [2.45, 2.75) is 115 Å². The fraction of sp³-hybridized carbons (Fsp3) is 0.605. The summed E-state index contributed by atoms with van der Waals surface area (Å²) in [6.07, 6.45) is -3.03. The summed E-state index contributed by atoms with van der Waals surface area (Å²) < 4.78 is 35.5. The van der Waals surface area contributed by atoms with Crippen LogP contribution in [0, 0.1) is 22.0 Å². The average molecular weight is 776 g/mol. The number of nitrogens with one attached hydrogen (secondary N) is 1. The molecular formula is C38H53N3O14. The number of ketones is 1. The first-order valence-corrected chi connectivity index (χ1v) is 18.1. The Labute approximate surface area is 320 Å². The van der Waals surface area contributed by atoms with Crippen molar-refractivity contribution in [2.24, 2.45) is 11.8 Å². The summed E-state index contributed by atoms with van der Waals surface area (Å²) >= 11 is 0. The van der Waals surface area contributed by atoms with Gasteiger partial charge in [-0.3, -0.25) is 24.5 Å². The molecule has 0 bridgehead atoms. The third-order valence-electron chi connectivity index (χ3n) is 9.45. The van der Waals surface area contributed by atoms with Crippen LogP contribution < -0.4 is 5.32 Å². The molecule has 0 saturated carbocycles. The Morgan fingerprint density at radius 3 is 2.36 bits per heavy atom. The molecule has 11 atom stereocenters. The highest BCUT2D eigenvalue weighted by atomic mass is 16.7. The number of nitrogens with zero attached hydrogens (tertiary/aromatic N) is 2. The van der Waals surface area contributed by atoms with E-state index in [9.17, 15) is 39.2 Å². The minimum absolute atomic E-state index is 0.00128. The van der Waals surface area contributed by atoms with Crippen molar-refractivity contribution in [3.05, 3.63) is 64.2 Å². The third kappa shape index (κ3) is 13.3. The molecule has 1 aromatic rings. The lowest BCUT2D eigenvalue weighted by Crippen LogP contribution is -2.65. The summed E-state index contributed by atoms with van der Waals surface area (Å²) in [4.78, 5) is 75.9. The topological polar surface area (TPSA) is 219 Å². The molecule has 0 radical (unpaired) electrons. The van der Waals surface area contributed by atoms with E-state index in [1.807, 2.05) is 0 Å². The van der Waals surface area contributed by atoms with Crippen LogP contribution in [0.2, 0.25) is 0 Å². The molecule has 304 valence electrons. The molecule has 55 heavy (non-hydrogen) atoms. The molecule has 2 N–H and O–H groups in total. The summed E-state index contributed by atoms with van der Waals surface area (Å²) in [5.74, 6) is -3.04. The summed E-state index contributed by atoms with van der Waals surface area (Å²) in [7, 11) is 4.63. The van der Waals surface area contributed by atoms with Crippen LogP contribution in [-0.2, 0) is 54.1 Å². The molecule has 0 aliphatic carbocycles. The van der Waals surface area contributed by atoms with Crippen LogP contribution in [0.25, 0.3) is 0 Å². The number of allylic oxidation sites excluding steroid dienone is 3. The monoisotopic (exact) mass is 775 g/mol. The Kier molecular flexibility index (Phi) is 17.5. The maximum Gasteiger partial charge on any atom is 0.407 e. The zero-order valence-corrected chi connectivity index (χ0v) is 32.2. The number of nitro benzene ring substituents is 1. The minimum Gasteiger partial charge on any atom is -0.462 e. The quantitative estimate of drug-likeness (QED) is 0.108. The van der Waals surface area contributed by atoms with Gasteiger partial charge in [-0.2, -0.15) is 0 Å². The van der Waals surface area contributed by atoms with Crippen LogP contribution in [0.4, 0.5) is 10.5 Å². The predicted octanol–water partition coefficient (Wildman–Crippen LogP) is 3.20. The summed E-state index contributed by atoms with van der Waals surface area (Å²) in [6.45, 7) is 6.16. The zero-order chi connectivity index (χ0) is 40.8. The van der Waals surface area contributed by atoms with E-state index in [2.05, 4.69) is 5.32 Å². The fourth-order valence-electron chi connectivity index (χ4n) is 6.71. The van der Waals surface area contributed by atoms with Crippen molar-refractivity contribution in [3.8, 4) is 0 Å². The number of cyclic esters (lactones) is 1. The number of carbonyl (C=O) groups is 5. The summed E-state index contributed by atoms with van der Waals surface area (Å²) in [5, 5.41) is 25.4. The van der Waals surface area contributed by atoms with Gasteiger partial charge in [0.15, 0.2) is 12.1 Å². The molecule has 1 unspecified atom stereocenters. The first-order valence-electron chi connectivity index (χ1n) is 18.1. The molecule has 3 rings (SSSR count). The molecule has 0 aromatic heterocycles. The third-order valence-corrected chi connectivity index (χ3v) is 9.45. The molecule has 1 saturated heterocycles. The number of methoxy groups -OCH3 is 1. The summed E-state index contributed by atoms with van der Waals surface area (Å²) in [6, 6.07) is 4.71. The number of likely N-dealkylation sites (N-methyl/N-ethyl adjacent to an activating group) is 1. The van der Waals surface area contributed by atoms with E-state index in [4.69, 9.17) is 28.4 Å². The zero-order valence-electron chi connectivity index (χ0n) is 32.2.